The molecule has 0 aromatic carbocycles. The number of carbonyl (C=O) groups is 1. The third-order valence-corrected chi connectivity index (χ3v) is 0.494. The molecule has 5 heteroatoms. The van der Waals surface area contributed by atoms with Crippen molar-refractivity contribution in [3.8, 4) is 0 Å². The van der Waals surface area contributed by atoms with E-state index >= 15 is 0 Å². The first kappa shape index (κ1) is 11.1. The molecule has 0 spiro atoms. The average Bonchev–Trinajstić information content (AvgIpc) is 1.36. The van der Waals surface area contributed by atoms with Crippen molar-refractivity contribution in [3.63, 3.8) is 0 Å². The van der Waals surface area contributed by atoms with Gasteiger partial charge in [0, 0.05) is 0 Å². The molecule has 0 bridgehead atoms. The molecule has 0 fully saturated rings. The minimum absolute atomic E-state index is 0. The quantitative estimate of drug-likeness (QED) is 0.389. The van der Waals surface area contributed by atoms with E-state index in [0.717, 1.165) is 0 Å². The molecule has 2 nitrogen and oxygen atoms in total. The van der Waals surface area contributed by atoms with E-state index < -0.39 is 5.97 Å². The molecule has 0 saturated heterocycles. The van der Waals surface area contributed by atoms with Crippen molar-refractivity contribution in [1.82, 2.24) is 0 Å². The van der Waals surface area contributed by atoms with Gasteiger partial charge in [0.05, 0.1) is 0 Å². The van der Waals surface area contributed by atoms with Crippen molar-refractivity contribution in [2.45, 2.75) is 3.26 Å². The third-order valence-electron chi connectivity index (χ3n) is 0.494. The molecule has 0 atom stereocenters. The molecule has 0 saturated carbocycles. The van der Waals surface area contributed by atoms with Gasteiger partial charge in [-0.1, -0.05) is 0 Å². The zero-order chi connectivity index (χ0) is 5.15. The first-order chi connectivity index (χ1) is 2.64. The van der Waals surface area contributed by atoms with Crippen LogP contribution in [-0.2, 0) is 4.79 Å². The fraction of sp³-hybridized carbons (Fsp3) is 0.500. The zero-order valence-corrected chi connectivity index (χ0v) is 3.93. The summed E-state index contributed by atoms with van der Waals surface area (Å²) in [4.78, 5) is 9.70. The Morgan fingerprint density at radius 3 is 1.71 bits per heavy atom. The van der Waals surface area contributed by atoms with Crippen molar-refractivity contribution in [2.75, 3.05) is 0 Å². The van der Waals surface area contributed by atoms with Crippen molar-refractivity contribution in [2.24, 2.45) is 0 Å². The molecule has 0 unspecified atom stereocenters. The number of rotatable bonds is 1. The Kier molecular flexibility index (Phi) is 8.57. The van der Waals surface area contributed by atoms with Gasteiger partial charge < -0.3 is 0 Å². The van der Waals surface area contributed by atoms with Gasteiger partial charge >= 0.3 is 73.4 Å². The Hall–Kier alpha value is 1.26. The molecule has 0 rings (SSSR count). The van der Waals surface area contributed by atoms with Crippen LogP contribution in [0.4, 0.5) is 0 Å². The van der Waals surface area contributed by atoms with Crippen molar-refractivity contribution >= 4 is 60.3 Å². The fourth-order valence-electron chi connectivity index (χ4n) is 0. The van der Waals surface area contributed by atoms with E-state index in [2.05, 4.69) is 0 Å². The van der Waals surface area contributed by atoms with Gasteiger partial charge in [-0.05, 0) is 0 Å². The molecular weight excluding hydrogens is 76.8 g/mol. The van der Waals surface area contributed by atoms with Crippen LogP contribution < -0.4 is 0 Å². The molecule has 0 radical (unpaired) electrons. The van der Waals surface area contributed by atoms with E-state index in [4.69, 9.17) is 5.11 Å². The van der Waals surface area contributed by atoms with Gasteiger partial charge in [-0.15, -0.1) is 0 Å². The van der Waals surface area contributed by atoms with Crippen LogP contribution in [-0.4, -0.2) is 65.4 Å². The summed E-state index contributed by atoms with van der Waals surface area (Å²) < 4.78 is -0.231. The summed E-state index contributed by atoms with van der Waals surface area (Å²) >= 11 is 3.28. The number of hydrogen-bond acceptors (Lipinski definition) is 1. The first-order valence-electron chi connectivity index (χ1n) is 1.87. The summed E-state index contributed by atoms with van der Waals surface area (Å²) in [6, 6.07) is 0. The Balaban J connectivity index is 0. The van der Waals surface area contributed by atoms with Crippen molar-refractivity contribution in [3.05, 3.63) is 0 Å². The molecule has 0 amide bonds. The van der Waals surface area contributed by atoms with E-state index in [1.807, 2.05) is 0 Å². The number of hydrogen-bond donors (Lipinski definition) is 1. The van der Waals surface area contributed by atoms with Gasteiger partial charge in [-0.3, -0.25) is 0 Å². The Labute approximate surface area is 73.0 Å². The Morgan fingerprint density at radius 2 is 1.71 bits per heavy atom. The molecule has 26 valence electrons. The van der Waals surface area contributed by atoms with E-state index in [1.54, 1.807) is 35.4 Å². The van der Waals surface area contributed by atoms with Crippen LogP contribution in [0.5, 0.6) is 0 Å². The van der Waals surface area contributed by atoms with Crippen LogP contribution in [0.15, 0.2) is 0 Å². The fourth-order valence-corrected chi connectivity index (χ4v) is 0. The predicted octanol–water partition coefficient (Wildman–Crippen LogP) is -1.49. The maximum absolute atomic E-state index is 9.70. The molecule has 0 aromatic heterocycles. The van der Waals surface area contributed by atoms with Crippen molar-refractivity contribution < 1.29 is 9.90 Å². The topological polar surface area (TPSA) is 37.3 Å². The summed E-state index contributed by atoms with van der Waals surface area (Å²) in [5, 5.41) is 7.99. The second-order valence-corrected chi connectivity index (χ2v) is 1.49. The number of carboxylic acids is 1. The standard InChI is InChI=1S/C2H2O2.3Li.H/c1-2(3)4;;;;/h1H,(H,3,4);;;;. The van der Waals surface area contributed by atoms with E-state index in [0.29, 0.717) is 0 Å². The Morgan fingerprint density at radius 1 is 1.57 bits per heavy atom. The SMILES string of the molecule is [LiH].[Li][CH]([Li])C(=O)O. The Bertz CT molecular complexity index is 62.0. The van der Waals surface area contributed by atoms with Crippen LogP contribution >= 0.6 is 0 Å². The molecular formula is C2H3Li3O2. The number of aliphatic carboxylic acids is 1. The predicted molar refractivity (Wildman–Crippen MR) is 30.0 cm³/mol. The normalized spacial score (nSPS) is 8.14. The minimum atomic E-state index is -0.741. The van der Waals surface area contributed by atoms with Gasteiger partial charge in [-0.2, -0.15) is 0 Å². The van der Waals surface area contributed by atoms with Crippen LogP contribution in [0.2, 0.25) is 3.26 Å². The molecule has 0 heterocycles. The summed E-state index contributed by atoms with van der Waals surface area (Å²) in [6.07, 6.45) is 0. The maximum atomic E-state index is 9.70. The molecule has 7 heavy (non-hydrogen) atoms. The van der Waals surface area contributed by atoms with Gasteiger partial charge in [0.1, 0.15) is 0 Å². The second-order valence-electron chi connectivity index (χ2n) is 1.49. The second kappa shape index (κ2) is 5.40. The summed E-state index contributed by atoms with van der Waals surface area (Å²) in [7, 11) is 0. The molecule has 0 aliphatic heterocycles. The summed E-state index contributed by atoms with van der Waals surface area (Å²) in [6.45, 7) is 0. The van der Waals surface area contributed by atoms with Crippen LogP contribution in [0.25, 0.3) is 0 Å². The van der Waals surface area contributed by atoms with Crippen LogP contribution in [0.3, 0.4) is 0 Å². The summed E-state index contributed by atoms with van der Waals surface area (Å²) in [5.41, 5.74) is 0. The molecule has 0 aliphatic carbocycles. The zero-order valence-electron chi connectivity index (χ0n) is 3.93. The summed E-state index contributed by atoms with van der Waals surface area (Å²) in [5.74, 6) is -0.741. The van der Waals surface area contributed by atoms with Crippen LogP contribution in [0.1, 0.15) is 0 Å². The third kappa shape index (κ3) is 7.26. The van der Waals surface area contributed by atoms with Gasteiger partial charge in [-0.25, -0.2) is 0 Å². The van der Waals surface area contributed by atoms with Crippen molar-refractivity contribution in [1.29, 1.82) is 0 Å². The molecule has 0 aliphatic rings. The van der Waals surface area contributed by atoms with E-state index in [9.17, 15) is 4.79 Å². The van der Waals surface area contributed by atoms with Crippen LogP contribution in [0, 0.1) is 0 Å². The van der Waals surface area contributed by atoms with E-state index in [-0.39, 0.29) is 22.1 Å². The van der Waals surface area contributed by atoms with Gasteiger partial charge in [0.25, 0.3) is 0 Å². The first-order valence-corrected chi connectivity index (χ1v) is 1.87. The number of carboxylic acid groups (broad SMARTS) is 1. The molecule has 0 aromatic rings. The van der Waals surface area contributed by atoms with Gasteiger partial charge in [0.15, 0.2) is 0 Å². The van der Waals surface area contributed by atoms with Gasteiger partial charge in [0.2, 0.25) is 0 Å². The molecule has 1 N–H and O–H groups in total. The average molecular weight is 79.9 g/mol. The monoisotopic (exact) mass is 80.1 g/mol. The van der Waals surface area contributed by atoms with E-state index in [1.165, 1.54) is 0 Å².